The van der Waals surface area contributed by atoms with Crippen LogP contribution in [0.1, 0.15) is 103 Å². The number of fused-ring (bicyclic) bond motifs is 2. The van der Waals surface area contributed by atoms with Gasteiger partial charge in [-0.2, -0.15) is 0 Å². The lowest BCUT2D eigenvalue weighted by Crippen LogP contribution is -2.33. The summed E-state index contributed by atoms with van der Waals surface area (Å²) >= 11 is 17.2. The van der Waals surface area contributed by atoms with Crippen LogP contribution in [0.3, 0.4) is 0 Å². The van der Waals surface area contributed by atoms with Gasteiger partial charge in [-0.1, -0.05) is 71.8 Å². The van der Waals surface area contributed by atoms with E-state index < -0.39 is 28.7 Å². The van der Waals surface area contributed by atoms with Gasteiger partial charge in [0.25, 0.3) is 23.0 Å². The van der Waals surface area contributed by atoms with Crippen LogP contribution in [-0.2, 0) is 26.9 Å². The van der Waals surface area contributed by atoms with Gasteiger partial charge in [0.05, 0.1) is 21.2 Å². The molecule has 2 unspecified atom stereocenters. The van der Waals surface area contributed by atoms with Crippen molar-refractivity contribution in [2.75, 3.05) is 33.9 Å². The second-order valence-electron chi connectivity index (χ2n) is 20.7. The smallest absolute Gasteiger partial charge is 0.258 e. The number of rotatable bonds is 8. The first-order valence-corrected chi connectivity index (χ1v) is 27.7. The van der Waals surface area contributed by atoms with Crippen molar-refractivity contribution in [1.82, 2.24) is 19.1 Å². The van der Waals surface area contributed by atoms with E-state index in [4.69, 9.17) is 34.8 Å². The van der Waals surface area contributed by atoms with Crippen molar-refractivity contribution in [2.45, 2.75) is 51.4 Å². The molecule has 0 radical (unpaired) electrons. The Bertz CT molecular complexity index is 3750. The van der Waals surface area contributed by atoms with Crippen LogP contribution in [0, 0.1) is 22.5 Å². The van der Waals surface area contributed by atoms with Gasteiger partial charge in [-0.3, -0.25) is 19.2 Å². The molecule has 4 aliphatic rings. The molecule has 6 aromatic carbocycles. The molecule has 81 heavy (non-hydrogen) atoms. The van der Waals surface area contributed by atoms with Crippen molar-refractivity contribution in [3.8, 4) is 0 Å². The Hall–Kier alpha value is -8.17. The molecule has 4 heterocycles. The predicted molar refractivity (Wildman–Crippen MR) is 317 cm³/mol. The molecule has 3 amide bonds. The number of hydrogen-bond donors (Lipinski definition) is 3. The molecule has 0 fully saturated rings. The van der Waals surface area contributed by atoms with Crippen LogP contribution in [-0.4, -0.2) is 55.2 Å². The predicted octanol–water partition coefficient (Wildman–Crippen LogP) is 14.7. The number of amides is 3. The number of para-hydroxylation sites is 2. The molecule has 2 atom stereocenters. The number of carbonyl (C=O) groups excluding carboxylic acids is 4. The summed E-state index contributed by atoms with van der Waals surface area (Å²) in [5.41, 5.74) is 9.52. The van der Waals surface area contributed by atoms with Crippen molar-refractivity contribution < 1.29 is 28.0 Å². The molecular weight excluding hydrogens is 1090 g/mol. The number of nitrogens with zero attached hydrogens (tertiary/aromatic N) is 5. The second-order valence-corrected chi connectivity index (χ2v) is 21.9. The van der Waals surface area contributed by atoms with E-state index in [0.29, 0.717) is 29.0 Å². The summed E-state index contributed by atoms with van der Waals surface area (Å²) < 4.78 is 30.9. The molecule has 0 saturated carbocycles. The molecule has 17 heteroatoms. The average molecular weight is 1150 g/mol. The zero-order valence-corrected chi connectivity index (χ0v) is 46.8. The fourth-order valence-electron chi connectivity index (χ4n) is 11.5. The molecule has 3 N–H and O–H groups in total. The average Bonchev–Trinajstić information content (AvgIpc) is 4.45. The summed E-state index contributed by atoms with van der Waals surface area (Å²) in [6.07, 6.45) is 20.9. The third kappa shape index (κ3) is 12.3. The summed E-state index contributed by atoms with van der Waals surface area (Å²) in [6, 6.07) is 36.7. The lowest BCUT2D eigenvalue weighted by molar-refractivity contribution is 0.0982. The molecule has 2 aliphatic heterocycles. The van der Waals surface area contributed by atoms with Crippen LogP contribution in [0.4, 0.5) is 31.5 Å². The molecular formula is C64H57Cl3F2N8O4. The molecule has 12 nitrogen and oxygen atoms in total. The minimum absolute atomic E-state index is 0.0316. The van der Waals surface area contributed by atoms with Crippen LogP contribution in [0.25, 0.3) is 11.1 Å². The van der Waals surface area contributed by atoms with Gasteiger partial charge in [-0.05, 0) is 182 Å². The van der Waals surface area contributed by atoms with Crippen LogP contribution in [0.15, 0.2) is 170 Å². The molecule has 0 saturated heterocycles. The van der Waals surface area contributed by atoms with Crippen molar-refractivity contribution in [3.63, 3.8) is 0 Å². The topological polar surface area (TPSA) is 143 Å². The highest BCUT2D eigenvalue weighted by Gasteiger charge is 2.43. The maximum Gasteiger partial charge on any atom is 0.258 e. The first kappa shape index (κ1) is 56.1. The van der Waals surface area contributed by atoms with Crippen molar-refractivity contribution in [3.05, 3.63) is 237 Å². The maximum atomic E-state index is 13.9. The first-order valence-electron chi connectivity index (χ1n) is 26.6. The van der Waals surface area contributed by atoms with E-state index in [1.54, 1.807) is 24.3 Å². The highest BCUT2D eigenvalue weighted by atomic mass is 35.5. The monoisotopic (exact) mass is 1140 g/mol. The van der Waals surface area contributed by atoms with Gasteiger partial charge in [0.2, 0.25) is 0 Å². The van der Waals surface area contributed by atoms with Gasteiger partial charge in [-0.25, -0.2) is 18.7 Å². The molecule has 412 valence electrons. The number of carbonyl (C=O) groups is 4. The van der Waals surface area contributed by atoms with Gasteiger partial charge >= 0.3 is 0 Å². The Kier molecular flexibility index (Phi) is 16.8. The van der Waals surface area contributed by atoms with Gasteiger partial charge in [0.15, 0.2) is 0 Å². The van der Waals surface area contributed by atoms with Crippen LogP contribution < -0.4 is 20.9 Å². The lowest BCUT2D eigenvalue weighted by Gasteiger charge is -2.31. The Morgan fingerprint density at radius 2 is 1.09 bits per heavy atom. The summed E-state index contributed by atoms with van der Waals surface area (Å²) in [5, 5.41) is 8.60. The van der Waals surface area contributed by atoms with E-state index in [1.807, 2.05) is 54.9 Å². The number of benzene rings is 6. The van der Waals surface area contributed by atoms with Gasteiger partial charge in [0, 0.05) is 96.7 Å². The fourth-order valence-corrected chi connectivity index (χ4v) is 12.1. The molecule has 2 aromatic heterocycles. The van der Waals surface area contributed by atoms with Gasteiger partial charge in [0.1, 0.15) is 23.3 Å². The van der Waals surface area contributed by atoms with E-state index in [1.165, 1.54) is 90.2 Å². The largest absolute Gasteiger partial charge is 0.385 e. The zero-order chi connectivity index (χ0) is 56.8. The van der Waals surface area contributed by atoms with Crippen LogP contribution in [0.2, 0.25) is 10.0 Å². The van der Waals surface area contributed by atoms with Gasteiger partial charge in [-0.15, -0.1) is 0 Å². The Labute approximate surface area is 483 Å². The molecule has 2 spiro atoms. The van der Waals surface area contributed by atoms with Crippen molar-refractivity contribution in [1.29, 1.82) is 0 Å². The maximum absolute atomic E-state index is 13.9. The summed E-state index contributed by atoms with van der Waals surface area (Å²) in [7, 11) is 4.12. The minimum Gasteiger partial charge on any atom is -0.385 e. The van der Waals surface area contributed by atoms with Crippen LogP contribution in [0.5, 0.6) is 0 Å². The van der Waals surface area contributed by atoms with E-state index in [2.05, 4.69) is 84.6 Å². The third-order valence-electron chi connectivity index (χ3n) is 15.7. The third-order valence-corrected chi connectivity index (χ3v) is 16.5. The minimum atomic E-state index is -0.587. The number of halogens is 5. The molecule has 8 aromatic rings. The number of nitrogens with one attached hydrogen (secondary N) is 3. The normalized spacial score (nSPS) is 17.8. The Morgan fingerprint density at radius 3 is 1.62 bits per heavy atom. The fraction of sp³-hybridized carbons (Fsp3) is 0.219. The number of anilines is 4. The Morgan fingerprint density at radius 1 is 0.593 bits per heavy atom. The van der Waals surface area contributed by atoms with E-state index in [9.17, 15) is 28.0 Å². The number of aromatic nitrogens is 4. The highest BCUT2D eigenvalue weighted by molar-refractivity contribution is 6.67. The first-order chi connectivity index (χ1) is 39.1. The lowest BCUT2D eigenvalue weighted by atomic mass is 9.73. The van der Waals surface area contributed by atoms with Gasteiger partial charge < -0.3 is 30.0 Å². The van der Waals surface area contributed by atoms with Crippen molar-refractivity contribution in [2.24, 2.45) is 24.9 Å². The highest BCUT2D eigenvalue weighted by Crippen LogP contribution is 2.53. The summed E-state index contributed by atoms with van der Waals surface area (Å²) in [6.45, 7) is 1.62. The van der Waals surface area contributed by atoms with E-state index >= 15 is 0 Å². The second kappa shape index (κ2) is 24.3. The molecule has 0 bridgehead atoms. The van der Waals surface area contributed by atoms with Crippen molar-refractivity contribution >= 4 is 91.7 Å². The number of aryl methyl sites for hydroxylation is 2. The Balaban J connectivity index is 0.000000151. The quantitative estimate of drug-likeness (QED) is 0.129. The zero-order valence-electron chi connectivity index (χ0n) is 44.5. The standard InChI is InChI=1S/C32H28ClFN4O2.C18H21N3.C14H8Cl2FNO2/c1-37-18-16-35-29(37)26-6-4-14-32(26)15-17-38(28-7-3-2-5-22(28)20-32)31(40)21-8-11-24(12-9-21)36-30(39)25-19-23(34)10-13-27(25)33;1-21-12-11-20-17(21)15-6-4-8-18(15)9-10-19-16-7-3-2-5-14(16)13-18;15-12-6-3-9(17)7-11(12)14(20)18-10-4-1-8(2-5-10)13(16)19/h2-3,5-13,16,18-19H,4,14-15,17,20H2,1H3,(H,36,39);2-3,5-7,11-12,19H,4,8-10,13H2,1H3;1-7H,(H,18,20). The molecule has 12 rings (SSSR count). The summed E-state index contributed by atoms with van der Waals surface area (Å²) in [5.74, 6) is -0.129. The number of imidazole rings is 2. The van der Waals surface area contributed by atoms with E-state index in [0.717, 1.165) is 73.7 Å². The summed E-state index contributed by atoms with van der Waals surface area (Å²) in [4.78, 5) is 60.5. The molecule has 2 aliphatic carbocycles. The SMILES string of the molecule is Cn1ccnc1C1=CCCC12CCN(C(=O)c1ccc(NC(=O)c3cc(F)ccc3Cl)cc1)c1ccccc1C2.Cn1ccnc1C1=CCCC12CCNc1ccccc1C2.O=C(Cl)c1ccc(NC(=O)c2cc(F)ccc2Cl)cc1. The van der Waals surface area contributed by atoms with Crippen LogP contribution >= 0.6 is 34.8 Å². The van der Waals surface area contributed by atoms with E-state index in [-0.39, 0.29) is 37.9 Å². The number of hydrogen-bond acceptors (Lipinski definition) is 7. The number of allylic oxidation sites excluding steroid dienone is 4.